The Morgan fingerprint density at radius 3 is 2.83 bits per heavy atom. The standard InChI is InChI=1S/C17H15BrN2O2S/c18-12-7-5-11(6-8-12)16-19-13(10-22-16)9-20-14-3-1-2-4-15(14)23-17(20)21/h5-8,10H,1-4,9H2. The Bertz CT molecular complexity index is 892. The molecule has 0 amide bonds. The van der Waals surface area contributed by atoms with Gasteiger partial charge in [-0.2, -0.15) is 0 Å². The van der Waals surface area contributed by atoms with Crippen LogP contribution in [0.2, 0.25) is 0 Å². The van der Waals surface area contributed by atoms with Crippen molar-refractivity contribution >= 4 is 27.3 Å². The molecule has 0 saturated heterocycles. The first-order chi connectivity index (χ1) is 11.2. The van der Waals surface area contributed by atoms with E-state index < -0.39 is 0 Å². The number of aromatic nitrogens is 2. The summed E-state index contributed by atoms with van der Waals surface area (Å²) in [6.07, 6.45) is 6.02. The van der Waals surface area contributed by atoms with Gasteiger partial charge in [-0.25, -0.2) is 4.98 Å². The SMILES string of the molecule is O=c1sc2c(n1Cc1coc(-c3ccc(Br)cc3)n1)CCCC2. The molecular weight excluding hydrogens is 376 g/mol. The molecule has 0 fully saturated rings. The molecule has 0 saturated carbocycles. The van der Waals surface area contributed by atoms with E-state index in [0.717, 1.165) is 35.0 Å². The van der Waals surface area contributed by atoms with Crippen molar-refractivity contribution in [3.05, 3.63) is 60.9 Å². The first-order valence-electron chi connectivity index (χ1n) is 7.62. The van der Waals surface area contributed by atoms with Crippen LogP contribution in [0.4, 0.5) is 0 Å². The topological polar surface area (TPSA) is 48.0 Å². The first kappa shape index (κ1) is 14.9. The van der Waals surface area contributed by atoms with Crippen LogP contribution in [-0.2, 0) is 19.4 Å². The summed E-state index contributed by atoms with van der Waals surface area (Å²) < 4.78 is 8.47. The van der Waals surface area contributed by atoms with Crippen LogP contribution in [0.5, 0.6) is 0 Å². The smallest absolute Gasteiger partial charge is 0.307 e. The van der Waals surface area contributed by atoms with Crippen molar-refractivity contribution in [2.24, 2.45) is 0 Å². The molecule has 0 aliphatic heterocycles. The number of hydrogen-bond acceptors (Lipinski definition) is 4. The molecule has 118 valence electrons. The van der Waals surface area contributed by atoms with Gasteiger partial charge in [0, 0.05) is 20.6 Å². The Morgan fingerprint density at radius 2 is 2.00 bits per heavy atom. The normalized spacial score (nSPS) is 14.0. The van der Waals surface area contributed by atoms with E-state index in [-0.39, 0.29) is 4.87 Å². The van der Waals surface area contributed by atoms with Crippen LogP contribution in [0.15, 0.2) is 44.2 Å². The summed E-state index contributed by atoms with van der Waals surface area (Å²) in [6, 6.07) is 7.83. The van der Waals surface area contributed by atoms with E-state index >= 15 is 0 Å². The van der Waals surface area contributed by atoms with Crippen LogP contribution in [0.25, 0.3) is 11.5 Å². The molecule has 6 heteroatoms. The highest BCUT2D eigenvalue weighted by Gasteiger charge is 2.19. The van der Waals surface area contributed by atoms with Gasteiger partial charge in [-0.05, 0) is 49.9 Å². The van der Waals surface area contributed by atoms with Gasteiger partial charge in [-0.3, -0.25) is 9.36 Å². The Balaban J connectivity index is 1.62. The summed E-state index contributed by atoms with van der Waals surface area (Å²) in [5.41, 5.74) is 2.91. The van der Waals surface area contributed by atoms with Gasteiger partial charge >= 0.3 is 4.87 Å². The minimum absolute atomic E-state index is 0.116. The van der Waals surface area contributed by atoms with Crippen molar-refractivity contribution in [1.82, 2.24) is 9.55 Å². The zero-order valence-electron chi connectivity index (χ0n) is 12.4. The van der Waals surface area contributed by atoms with Gasteiger partial charge in [0.2, 0.25) is 5.89 Å². The van der Waals surface area contributed by atoms with Crippen molar-refractivity contribution in [1.29, 1.82) is 0 Å². The molecule has 0 unspecified atom stereocenters. The van der Waals surface area contributed by atoms with Gasteiger partial charge in [0.05, 0.1) is 12.2 Å². The summed E-state index contributed by atoms with van der Waals surface area (Å²) in [5, 5.41) is 0. The maximum absolute atomic E-state index is 12.2. The van der Waals surface area contributed by atoms with E-state index in [0.29, 0.717) is 12.4 Å². The molecule has 2 aromatic heterocycles. The second kappa shape index (κ2) is 6.09. The average molecular weight is 391 g/mol. The molecule has 4 rings (SSSR count). The third-order valence-electron chi connectivity index (χ3n) is 4.11. The van der Waals surface area contributed by atoms with Crippen molar-refractivity contribution in [3.63, 3.8) is 0 Å². The van der Waals surface area contributed by atoms with Gasteiger partial charge < -0.3 is 4.42 Å². The lowest BCUT2D eigenvalue weighted by molar-refractivity contribution is 0.569. The Labute approximate surface area is 145 Å². The lowest BCUT2D eigenvalue weighted by Gasteiger charge is -2.12. The van der Waals surface area contributed by atoms with E-state index in [4.69, 9.17) is 4.42 Å². The molecule has 1 aliphatic rings. The lowest BCUT2D eigenvalue weighted by atomic mass is 10.0. The third kappa shape index (κ3) is 2.93. The summed E-state index contributed by atoms with van der Waals surface area (Å²) >= 11 is 4.80. The summed E-state index contributed by atoms with van der Waals surface area (Å²) in [7, 11) is 0. The fourth-order valence-corrected chi connectivity index (χ4v) is 4.29. The van der Waals surface area contributed by atoms with Gasteiger partial charge in [0.25, 0.3) is 0 Å². The van der Waals surface area contributed by atoms with E-state index in [2.05, 4.69) is 20.9 Å². The molecule has 0 spiro atoms. The number of benzene rings is 1. The summed E-state index contributed by atoms with van der Waals surface area (Å²) in [4.78, 5) is 18.1. The Kier molecular flexibility index (Phi) is 3.95. The van der Waals surface area contributed by atoms with Crippen LogP contribution < -0.4 is 4.87 Å². The Morgan fingerprint density at radius 1 is 1.22 bits per heavy atom. The molecule has 1 aromatic carbocycles. The summed E-state index contributed by atoms with van der Waals surface area (Å²) in [6.45, 7) is 0.491. The quantitative estimate of drug-likeness (QED) is 0.671. The molecule has 0 radical (unpaired) electrons. The number of nitrogens with zero attached hydrogens (tertiary/aromatic N) is 2. The Hall–Kier alpha value is -1.66. The number of thiazole rings is 1. The molecular formula is C17H15BrN2O2S. The number of aryl methyl sites for hydroxylation is 1. The molecule has 0 bridgehead atoms. The lowest BCUT2D eigenvalue weighted by Crippen LogP contribution is -2.18. The maximum atomic E-state index is 12.2. The average Bonchev–Trinajstić information content (AvgIpc) is 3.14. The largest absolute Gasteiger partial charge is 0.444 e. The van der Waals surface area contributed by atoms with Gasteiger partial charge in [-0.15, -0.1) is 0 Å². The zero-order valence-corrected chi connectivity index (χ0v) is 14.8. The number of rotatable bonds is 3. The third-order valence-corrected chi connectivity index (χ3v) is 5.72. The molecule has 4 nitrogen and oxygen atoms in total. The van der Waals surface area contributed by atoms with Crippen molar-refractivity contribution in [3.8, 4) is 11.5 Å². The predicted octanol–water partition coefficient (Wildman–Crippen LogP) is 4.25. The van der Waals surface area contributed by atoms with Crippen molar-refractivity contribution < 1.29 is 4.42 Å². The second-order valence-corrected chi connectivity index (χ2v) is 7.64. The van der Waals surface area contributed by atoms with Crippen LogP contribution in [0.1, 0.15) is 29.1 Å². The highest BCUT2D eigenvalue weighted by molar-refractivity contribution is 9.10. The molecule has 0 atom stereocenters. The van der Waals surface area contributed by atoms with Crippen LogP contribution >= 0.6 is 27.3 Å². The van der Waals surface area contributed by atoms with Crippen LogP contribution in [0, 0.1) is 0 Å². The minimum Gasteiger partial charge on any atom is -0.444 e. The van der Waals surface area contributed by atoms with Crippen molar-refractivity contribution in [2.45, 2.75) is 32.2 Å². The number of fused-ring (bicyclic) bond motifs is 1. The number of hydrogen-bond donors (Lipinski definition) is 0. The van der Waals surface area contributed by atoms with E-state index in [1.165, 1.54) is 28.3 Å². The van der Waals surface area contributed by atoms with Crippen LogP contribution in [0.3, 0.4) is 0 Å². The van der Waals surface area contributed by atoms with E-state index in [1.807, 2.05) is 28.8 Å². The predicted molar refractivity (Wildman–Crippen MR) is 94.0 cm³/mol. The molecule has 0 N–H and O–H groups in total. The fraction of sp³-hybridized carbons (Fsp3) is 0.294. The number of halogens is 1. The van der Waals surface area contributed by atoms with Gasteiger partial charge in [0.15, 0.2) is 0 Å². The van der Waals surface area contributed by atoms with Gasteiger partial charge in [-0.1, -0.05) is 27.3 Å². The second-order valence-electron chi connectivity index (χ2n) is 5.68. The molecule has 23 heavy (non-hydrogen) atoms. The van der Waals surface area contributed by atoms with Gasteiger partial charge in [0.1, 0.15) is 6.26 Å². The minimum atomic E-state index is 0.116. The molecule has 3 aromatic rings. The monoisotopic (exact) mass is 390 g/mol. The number of oxazole rings is 1. The zero-order chi connectivity index (χ0) is 15.8. The fourth-order valence-electron chi connectivity index (χ4n) is 2.95. The van der Waals surface area contributed by atoms with E-state index in [1.54, 1.807) is 6.26 Å². The molecule has 2 heterocycles. The highest BCUT2D eigenvalue weighted by Crippen LogP contribution is 2.25. The molecule has 1 aliphatic carbocycles. The van der Waals surface area contributed by atoms with Crippen molar-refractivity contribution in [2.75, 3.05) is 0 Å². The summed E-state index contributed by atoms with van der Waals surface area (Å²) in [5.74, 6) is 0.588. The maximum Gasteiger partial charge on any atom is 0.307 e. The van der Waals surface area contributed by atoms with E-state index in [9.17, 15) is 4.79 Å². The van der Waals surface area contributed by atoms with Crippen LogP contribution in [-0.4, -0.2) is 9.55 Å². The highest BCUT2D eigenvalue weighted by atomic mass is 79.9. The first-order valence-corrected chi connectivity index (χ1v) is 9.23.